The van der Waals surface area contributed by atoms with E-state index in [1.165, 1.54) is 19.2 Å². The van der Waals surface area contributed by atoms with Gasteiger partial charge in [-0.2, -0.15) is 5.26 Å². The second kappa shape index (κ2) is 11.6. The number of ether oxygens (including phenoxy) is 1. The van der Waals surface area contributed by atoms with Crippen molar-refractivity contribution in [1.82, 2.24) is 10.3 Å². The van der Waals surface area contributed by atoms with Crippen LogP contribution in [-0.2, 0) is 16.0 Å². The molecule has 34 heavy (non-hydrogen) atoms. The van der Waals surface area contributed by atoms with Crippen LogP contribution in [0.25, 0.3) is 11.3 Å². The van der Waals surface area contributed by atoms with Gasteiger partial charge in [-0.05, 0) is 42.3 Å². The van der Waals surface area contributed by atoms with Crippen LogP contribution in [0.4, 0.5) is 10.2 Å². The Labute approximate surface area is 197 Å². The molecule has 7 nitrogen and oxygen atoms in total. The molecule has 0 saturated heterocycles. The molecule has 2 N–H and O–H groups in total. The van der Waals surface area contributed by atoms with Crippen LogP contribution in [0.1, 0.15) is 28.4 Å². The number of hydrogen-bond acceptors (Lipinski definition) is 6. The molecule has 1 amide bonds. The van der Waals surface area contributed by atoms with Gasteiger partial charge in [0.15, 0.2) is 0 Å². The van der Waals surface area contributed by atoms with Crippen molar-refractivity contribution in [1.29, 1.82) is 5.26 Å². The van der Waals surface area contributed by atoms with Crippen molar-refractivity contribution >= 4 is 17.7 Å². The van der Waals surface area contributed by atoms with E-state index in [2.05, 4.69) is 21.7 Å². The largest absolute Gasteiger partial charge is 0.469 e. The molecule has 0 aliphatic carbocycles. The van der Waals surface area contributed by atoms with E-state index in [9.17, 15) is 19.2 Å². The van der Waals surface area contributed by atoms with Crippen LogP contribution in [0, 0.1) is 23.1 Å². The first kappa shape index (κ1) is 24.4. The van der Waals surface area contributed by atoms with E-state index in [0.717, 1.165) is 5.56 Å². The highest BCUT2D eigenvalue weighted by atomic mass is 19.1. The average molecular weight is 461 g/mol. The number of nitriles is 1. The van der Waals surface area contributed by atoms with Gasteiger partial charge in [0, 0.05) is 18.7 Å². The lowest BCUT2D eigenvalue weighted by atomic mass is 10.0. The summed E-state index contributed by atoms with van der Waals surface area (Å²) in [6, 6.07) is 18.8. The topological polar surface area (TPSA) is 104 Å². The third kappa shape index (κ3) is 6.17. The Morgan fingerprint density at radius 3 is 2.68 bits per heavy atom. The van der Waals surface area contributed by atoms with Crippen LogP contribution in [-0.4, -0.2) is 37.1 Å². The molecule has 3 rings (SSSR count). The maximum Gasteiger partial charge on any atom is 0.310 e. The Hall–Kier alpha value is -4.25. The summed E-state index contributed by atoms with van der Waals surface area (Å²) in [6.45, 7) is 2.16. The average Bonchev–Trinajstić information content (AvgIpc) is 2.86. The normalized spacial score (nSPS) is 11.2. The Bertz CT molecular complexity index is 1220. The fourth-order valence-electron chi connectivity index (χ4n) is 3.37. The first-order valence-electron chi connectivity index (χ1n) is 10.8. The summed E-state index contributed by atoms with van der Waals surface area (Å²) in [4.78, 5) is 29.1. The first-order chi connectivity index (χ1) is 16.4. The number of nitrogens with zero attached hydrogens (tertiary/aromatic N) is 2. The summed E-state index contributed by atoms with van der Waals surface area (Å²) in [5.74, 6) is -1.32. The maximum absolute atomic E-state index is 13.5. The molecule has 0 saturated carbocycles. The van der Waals surface area contributed by atoms with E-state index >= 15 is 0 Å². The molecular weight excluding hydrogens is 435 g/mol. The molecule has 0 aliphatic heterocycles. The lowest BCUT2D eigenvalue weighted by Gasteiger charge is -2.15. The van der Waals surface area contributed by atoms with E-state index in [4.69, 9.17) is 4.74 Å². The van der Waals surface area contributed by atoms with Crippen molar-refractivity contribution in [3.05, 3.63) is 83.2 Å². The Kier molecular flexibility index (Phi) is 8.30. The summed E-state index contributed by atoms with van der Waals surface area (Å²) in [6.07, 6.45) is 0.513. The molecule has 0 radical (unpaired) electrons. The second-order valence-corrected chi connectivity index (χ2v) is 7.69. The van der Waals surface area contributed by atoms with Gasteiger partial charge in [-0.3, -0.25) is 9.59 Å². The number of nitrogens with one attached hydrogen (secondary N) is 2. The molecule has 2 aromatic carbocycles. The summed E-state index contributed by atoms with van der Waals surface area (Å²) in [7, 11) is 1.29. The Morgan fingerprint density at radius 1 is 1.15 bits per heavy atom. The zero-order valence-corrected chi connectivity index (χ0v) is 19.0. The van der Waals surface area contributed by atoms with Crippen molar-refractivity contribution in [2.75, 3.05) is 25.5 Å². The molecule has 1 aromatic heterocycles. The molecule has 0 spiro atoms. The van der Waals surface area contributed by atoms with E-state index in [0.29, 0.717) is 35.6 Å². The highest BCUT2D eigenvalue weighted by Crippen LogP contribution is 2.25. The molecule has 1 atom stereocenters. The van der Waals surface area contributed by atoms with Gasteiger partial charge in [0.25, 0.3) is 5.91 Å². The van der Waals surface area contributed by atoms with Gasteiger partial charge in [0.05, 0.1) is 35.9 Å². The van der Waals surface area contributed by atoms with Gasteiger partial charge in [0.2, 0.25) is 0 Å². The lowest BCUT2D eigenvalue weighted by Crippen LogP contribution is -2.32. The first-order valence-corrected chi connectivity index (χ1v) is 10.8. The van der Waals surface area contributed by atoms with Crippen molar-refractivity contribution in [3.63, 3.8) is 0 Å². The van der Waals surface area contributed by atoms with Crippen LogP contribution in [0.15, 0.2) is 60.7 Å². The summed E-state index contributed by atoms with van der Waals surface area (Å²) >= 11 is 0. The number of esters is 1. The zero-order chi connectivity index (χ0) is 24.5. The van der Waals surface area contributed by atoms with Gasteiger partial charge in [-0.1, -0.05) is 37.3 Å². The smallest absolute Gasteiger partial charge is 0.310 e. The molecule has 0 fully saturated rings. The number of carbonyl (C=O) groups excluding carboxylic acids is 2. The van der Waals surface area contributed by atoms with Crippen LogP contribution in [0.5, 0.6) is 0 Å². The molecule has 0 bridgehead atoms. The van der Waals surface area contributed by atoms with Gasteiger partial charge in [-0.25, -0.2) is 9.37 Å². The monoisotopic (exact) mass is 460 g/mol. The number of rotatable bonds is 9. The summed E-state index contributed by atoms with van der Waals surface area (Å²) in [5.41, 5.74) is 2.73. The van der Waals surface area contributed by atoms with Gasteiger partial charge in [-0.15, -0.1) is 0 Å². The summed E-state index contributed by atoms with van der Waals surface area (Å²) < 4.78 is 18.2. The number of benzene rings is 2. The SMILES string of the molecule is COC(=O)[C@H](C)CNC(=O)c1ccc(-c2ccccc2C#N)nc1NCCc1cccc(F)c1. The number of halogens is 1. The number of carbonyl (C=O) groups is 2. The Morgan fingerprint density at radius 2 is 1.94 bits per heavy atom. The minimum absolute atomic E-state index is 0.104. The van der Waals surface area contributed by atoms with E-state index < -0.39 is 17.8 Å². The van der Waals surface area contributed by atoms with E-state index in [-0.39, 0.29) is 17.9 Å². The highest BCUT2D eigenvalue weighted by Gasteiger charge is 2.18. The van der Waals surface area contributed by atoms with Crippen molar-refractivity contribution in [2.45, 2.75) is 13.3 Å². The minimum atomic E-state index is -0.506. The fourth-order valence-corrected chi connectivity index (χ4v) is 3.37. The maximum atomic E-state index is 13.5. The van der Waals surface area contributed by atoms with Crippen LogP contribution >= 0.6 is 0 Å². The van der Waals surface area contributed by atoms with Crippen molar-refractivity contribution in [3.8, 4) is 17.3 Å². The van der Waals surface area contributed by atoms with Crippen LogP contribution in [0.2, 0.25) is 0 Å². The molecule has 174 valence electrons. The van der Waals surface area contributed by atoms with Crippen molar-refractivity contribution in [2.24, 2.45) is 5.92 Å². The molecule has 0 aliphatic rings. The molecule has 8 heteroatoms. The highest BCUT2D eigenvalue weighted by molar-refractivity contribution is 5.99. The number of anilines is 1. The van der Waals surface area contributed by atoms with Crippen molar-refractivity contribution < 1.29 is 18.7 Å². The fraction of sp³-hybridized carbons (Fsp3) is 0.231. The Balaban J connectivity index is 1.85. The predicted octanol–water partition coefficient (Wildman–Crippen LogP) is 3.95. The minimum Gasteiger partial charge on any atom is -0.469 e. The van der Waals surface area contributed by atoms with Gasteiger partial charge in [0.1, 0.15) is 11.6 Å². The number of amides is 1. The molecular formula is C26H25FN4O3. The van der Waals surface area contributed by atoms with Gasteiger partial charge >= 0.3 is 5.97 Å². The quantitative estimate of drug-likeness (QED) is 0.469. The molecule has 0 unspecified atom stereocenters. The zero-order valence-electron chi connectivity index (χ0n) is 19.0. The van der Waals surface area contributed by atoms with Crippen LogP contribution in [0.3, 0.4) is 0 Å². The van der Waals surface area contributed by atoms with Crippen LogP contribution < -0.4 is 10.6 Å². The molecule has 3 aromatic rings. The van der Waals surface area contributed by atoms with Gasteiger partial charge < -0.3 is 15.4 Å². The third-order valence-electron chi connectivity index (χ3n) is 5.23. The van der Waals surface area contributed by atoms with E-state index in [1.54, 1.807) is 43.3 Å². The predicted molar refractivity (Wildman–Crippen MR) is 126 cm³/mol. The van der Waals surface area contributed by atoms with E-state index in [1.807, 2.05) is 12.1 Å². The number of hydrogen-bond donors (Lipinski definition) is 2. The number of pyridine rings is 1. The summed E-state index contributed by atoms with van der Waals surface area (Å²) in [5, 5.41) is 15.3. The number of aromatic nitrogens is 1. The standard InChI is InChI=1S/C26H25FN4O3/c1-17(26(33)34-2)16-30-25(32)22-10-11-23(21-9-4-3-7-19(21)15-28)31-24(22)29-13-12-18-6-5-8-20(27)14-18/h3-11,14,17H,12-13,16H2,1-2H3,(H,29,31)(H,30,32)/t17-/m1/s1. The lowest BCUT2D eigenvalue weighted by molar-refractivity contribution is -0.144. The number of methoxy groups -OCH3 is 1. The third-order valence-corrected chi connectivity index (χ3v) is 5.23. The second-order valence-electron chi connectivity index (χ2n) is 7.69. The molecule has 1 heterocycles.